The zero-order valence-corrected chi connectivity index (χ0v) is 14.9. The van der Waals surface area contributed by atoms with Crippen LogP contribution in [-0.4, -0.2) is 30.7 Å². The monoisotopic (exact) mass is 338 g/mol. The summed E-state index contributed by atoms with van der Waals surface area (Å²) in [5, 5.41) is 2.77. The highest BCUT2D eigenvalue weighted by atomic mass is 32.2. The number of nitrogens with zero attached hydrogens (tertiary/aromatic N) is 1. The van der Waals surface area contributed by atoms with Gasteiger partial charge in [-0.15, -0.1) is 0 Å². The molecule has 2 rings (SSSR count). The molecule has 1 aliphatic heterocycles. The van der Waals surface area contributed by atoms with E-state index in [4.69, 9.17) is 0 Å². The highest BCUT2D eigenvalue weighted by Crippen LogP contribution is 2.29. The van der Waals surface area contributed by atoms with E-state index in [9.17, 15) is 13.2 Å². The van der Waals surface area contributed by atoms with Gasteiger partial charge in [0, 0.05) is 24.2 Å². The van der Waals surface area contributed by atoms with E-state index in [1.165, 1.54) is 0 Å². The normalized spacial score (nSPS) is 22.7. The van der Waals surface area contributed by atoms with Gasteiger partial charge in [0.25, 0.3) is 0 Å². The molecule has 1 aromatic rings. The smallest absolute Gasteiger partial charge is 0.243 e. The Kier molecular flexibility index (Phi) is 5.81. The Balaban J connectivity index is 2.18. The number of carbonyl (C=O) groups excluding carboxylic acids is 1. The van der Waals surface area contributed by atoms with E-state index in [0.717, 1.165) is 25.7 Å². The molecular formula is C17H26N2O3S. The van der Waals surface area contributed by atoms with E-state index >= 15 is 0 Å². The second-order valence-corrected chi connectivity index (χ2v) is 8.13. The van der Waals surface area contributed by atoms with E-state index < -0.39 is 10.0 Å². The molecule has 1 heterocycles. The van der Waals surface area contributed by atoms with Crippen molar-refractivity contribution in [3.8, 4) is 0 Å². The number of anilines is 1. The third kappa shape index (κ3) is 4.12. The second-order valence-electron chi connectivity index (χ2n) is 6.29. The van der Waals surface area contributed by atoms with E-state index in [2.05, 4.69) is 5.32 Å². The summed E-state index contributed by atoms with van der Waals surface area (Å²) in [5.74, 6) is -0.0543. The van der Waals surface area contributed by atoms with Gasteiger partial charge in [-0.05, 0) is 57.4 Å². The highest BCUT2D eigenvalue weighted by molar-refractivity contribution is 7.89. The Bertz CT molecular complexity index is 630. The Morgan fingerprint density at radius 2 is 1.74 bits per heavy atom. The predicted octanol–water partition coefficient (Wildman–Crippen LogP) is 3.38. The molecule has 1 aliphatic rings. The van der Waals surface area contributed by atoms with E-state index in [1.54, 1.807) is 28.6 Å². The summed E-state index contributed by atoms with van der Waals surface area (Å²) in [5.41, 5.74) is 0.627. The summed E-state index contributed by atoms with van der Waals surface area (Å²) in [6.07, 6.45) is 4.10. The lowest BCUT2D eigenvalue weighted by Gasteiger charge is -2.37. The van der Waals surface area contributed by atoms with Crippen LogP contribution in [0.2, 0.25) is 0 Å². The SMILES string of the molecule is CCCC(=O)Nc1ccc(S(=O)(=O)N2C(C)CCCC2C)cc1. The first-order chi connectivity index (χ1) is 10.9. The zero-order valence-electron chi connectivity index (χ0n) is 14.1. The number of sulfonamides is 1. The van der Waals surface area contributed by atoms with Crippen LogP contribution in [0.5, 0.6) is 0 Å². The predicted molar refractivity (Wildman–Crippen MR) is 91.8 cm³/mol. The summed E-state index contributed by atoms with van der Waals surface area (Å²) in [6, 6.07) is 6.50. The van der Waals surface area contributed by atoms with Crippen molar-refractivity contribution in [2.24, 2.45) is 0 Å². The molecule has 1 aromatic carbocycles. The third-order valence-corrected chi connectivity index (χ3v) is 6.45. The van der Waals surface area contributed by atoms with Crippen LogP contribution in [0.3, 0.4) is 0 Å². The Morgan fingerprint density at radius 1 is 1.17 bits per heavy atom. The number of hydrogen-bond acceptors (Lipinski definition) is 3. The molecule has 1 saturated heterocycles. The maximum Gasteiger partial charge on any atom is 0.243 e. The van der Waals surface area contributed by atoms with Crippen molar-refractivity contribution in [3.63, 3.8) is 0 Å². The van der Waals surface area contributed by atoms with Crippen LogP contribution in [0.1, 0.15) is 52.9 Å². The van der Waals surface area contributed by atoms with Crippen molar-refractivity contribution in [1.82, 2.24) is 4.31 Å². The Labute approximate surface area is 139 Å². The first-order valence-corrected chi connectivity index (χ1v) is 9.73. The van der Waals surface area contributed by atoms with Gasteiger partial charge in [-0.1, -0.05) is 13.3 Å². The lowest BCUT2D eigenvalue weighted by Crippen LogP contribution is -2.47. The molecular weight excluding hydrogens is 312 g/mol. The summed E-state index contributed by atoms with van der Waals surface area (Å²) in [4.78, 5) is 11.9. The van der Waals surface area contributed by atoms with Crippen LogP contribution >= 0.6 is 0 Å². The van der Waals surface area contributed by atoms with Gasteiger partial charge in [-0.3, -0.25) is 4.79 Å². The Morgan fingerprint density at radius 3 is 2.26 bits per heavy atom. The van der Waals surface area contributed by atoms with Gasteiger partial charge in [-0.25, -0.2) is 8.42 Å². The molecule has 1 amide bonds. The second kappa shape index (κ2) is 7.45. The summed E-state index contributed by atoms with van der Waals surface area (Å²) >= 11 is 0. The van der Waals surface area contributed by atoms with Crippen LogP contribution in [0.4, 0.5) is 5.69 Å². The molecule has 0 radical (unpaired) electrons. The van der Waals surface area contributed by atoms with Crippen molar-refractivity contribution in [2.45, 2.75) is 69.9 Å². The summed E-state index contributed by atoms with van der Waals surface area (Å²) in [7, 11) is -3.50. The number of hydrogen-bond donors (Lipinski definition) is 1. The molecule has 1 N–H and O–H groups in total. The van der Waals surface area contributed by atoms with Crippen molar-refractivity contribution in [3.05, 3.63) is 24.3 Å². The quantitative estimate of drug-likeness (QED) is 0.895. The maximum absolute atomic E-state index is 12.9. The average molecular weight is 338 g/mol. The fraction of sp³-hybridized carbons (Fsp3) is 0.588. The van der Waals surface area contributed by atoms with Gasteiger partial charge < -0.3 is 5.32 Å². The van der Waals surface area contributed by atoms with Crippen molar-refractivity contribution >= 4 is 21.6 Å². The number of carbonyl (C=O) groups is 1. The molecule has 0 aliphatic carbocycles. The fourth-order valence-electron chi connectivity index (χ4n) is 3.15. The maximum atomic E-state index is 12.9. The lowest BCUT2D eigenvalue weighted by molar-refractivity contribution is -0.116. The minimum Gasteiger partial charge on any atom is -0.326 e. The Hall–Kier alpha value is -1.40. The van der Waals surface area contributed by atoms with Crippen molar-refractivity contribution in [1.29, 1.82) is 0 Å². The number of benzene rings is 1. The molecule has 5 nitrogen and oxygen atoms in total. The fourth-order valence-corrected chi connectivity index (χ4v) is 5.04. The molecule has 0 saturated carbocycles. The highest BCUT2D eigenvalue weighted by Gasteiger charge is 2.35. The topological polar surface area (TPSA) is 66.5 Å². The number of piperidine rings is 1. The van der Waals surface area contributed by atoms with E-state index in [-0.39, 0.29) is 22.9 Å². The van der Waals surface area contributed by atoms with Crippen molar-refractivity contribution in [2.75, 3.05) is 5.32 Å². The number of nitrogens with one attached hydrogen (secondary N) is 1. The standard InChI is InChI=1S/C17H26N2O3S/c1-4-6-17(20)18-15-9-11-16(12-10-15)23(21,22)19-13(2)7-5-8-14(19)3/h9-14H,4-8H2,1-3H3,(H,18,20). The van der Waals surface area contributed by atoms with Crippen LogP contribution in [0.25, 0.3) is 0 Å². The first-order valence-electron chi connectivity index (χ1n) is 8.29. The molecule has 1 fully saturated rings. The van der Waals surface area contributed by atoms with Gasteiger partial charge in [0.1, 0.15) is 0 Å². The first kappa shape index (κ1) is 17.9. The van der Waals surface area contributed by atoms with E-state index in [0.29, 0.717) is 12.1 Å². The third-order valence-electron chi connectivity index (χ3n) is 4.30. The average Bonchev–Trinajstić information content (AvgIpc) is 2.47. The molecule has 23 heavy (non-hydrogen) atoms. The minimum atomic E-state index is -3.50. The van der Waals surface area contributed by atoms with Crippen LogP contribution in [0.15, 0.2) is 29.2 Å². The summed E-state index contributed by atoms with van der Waals surface area (Å²) < 4.78 is 27.4. The number of amides is 1. The minimum absolute atomic E-state index is 0.0210. The van der Waals surface area contributed by atoms with Crippen molar-refractivity contribution < 1.29 is 13.2 Å². The van der Waals surface area contributed by atoms with Crippen LogP contribution in [-0.2, 0) is 14.8 Å². The zero-order chi connectivity index (χ0) is 17.0. The number of rotatable bonds is 5. The largest absolute Gasteiger partial charge is 0.326 e. The molecule has 6 heteroatoms. The lowest BCUT2D eigenvalue weighted by atomic mass is 10.0. The molecule has 0 bridgehead atoms. The van der Waals surface area contributed by atoms with E-state index in [1.807, 2.05) is 20.8 Å². The molecule has 0 spiro atoms. The van der Waals surface area contributed by atoms with Crippen LogP contribution < -0.4 is 5.32 Å². The molecule has 2 atom stereocenters. The van der Waals surface area contributed by atoms with Gasteiger partial charge >= 0.3 is 0 Å². The molecule has 128 valence electrons. The van der Waals surface area contributed by atoms with Gasteiger partial charge in [0.05, 0.1) is 4.90 Å². The van der Waals surface area contributed by atoms with Gasteiger partial charge in [-0.2, -0.15) is 4.31 Å². The summed E-state index contributed by atoms with van der Waals surface area (Å²) in [6.45, 7) is 5.87. The van der Waals surface area contributed by atoms with Gasteiger partial charge in [0.15, 0.2) is 0 Å². The van der Waals surface area contributed by atoms with Crippen LogP contribution in [0, 0.1) is 0 Å². The van der Waals surface area contributed by atoms with Gasteiger partial charge in [0.2, 0.25) is 15.9 Å². The molecule has 2 unspecified atom stereocenters. The molecule has 0 aromatic heterocycles.